The molecule has 0 radical (unpaired) electrons. The Labute approximate surface area is 166 Å². The molecule has 1 atom stereocenters. The van der Waals surface area contributed by atoms with Crippen LogP contribution in [0.2, 0.25) is 5.02 Å². The summed E-state index contributed by atoms with van der Waals surface area (Å²) in [6.45, 7) is 1.94. The van der Waals surface area contributed by atoms with Crippen molar-refractivity contribution in [2.24, 2.45) is 0 Å². The number of hydrogen-bond acceptors (Lipinski definition) is 3. The molecule has 4 rings (SSSR count). The first-order valence-electron chi connectivity index (χ1n) is 8.51. The van der Waals surface area contributed by atoms with Crippen molar-refractivity contribution in [1.29, 1.82) is 0 Å². The summed E-state index contributed by atoms with van der Waals surface area (Å²) in [6, 6.07) is 16.5. The van der Waals surface area contributed by atoms with Gasteiger partial charge in [0.15, 0.2) is 5.54 Å². The van der Waals surface area contributed by atoms with Crippen LogP contribution in [0.4, 0.5) is 11.4 Å². The van der Waals surface area contributed by atoms with E-state index in [4.69, 9.17) is 11.6 Å². The van der Waals surface area contributed by atoms with E-state index in [1.165, 1.54) is 11.3 Å². The lowest BCUT2D eigenvalue weighted by atomic mass is 9.77. The minimum Gasteiger partial charge on any atom is -0.323 e. The average molecular weight is 397 g/mol. The highest BCUT2D eigenvalue weighted by Gasteiger charge is 2.58. The third kappa shape index (κ3) is 2.93. The molecule has 1 fully saturated rings. The normalized spacial score (nSPS) is 18.9. The van der Waals surface area contributed by atoms with Crippen molar-refractivity contribution in [3.63, 3.8) is 0 Å². The number of halogens is 1. The summed E-state index contributed by atoms with van der Waals surface area (Å²) in [5.74, 6) is -0.312. The lowest BCUT2D eigenvalue weighted by Crippen LogP contribution is -2.67. The maximum atomic E-state index is 13.4. The molecule has 0 aliphatic carbocycles. The topological polar surface area (TPSA) is 49.4 Å². The summed E-state index contributed by atoms with van der Waals surface area (Å²) < 4.78 is 0. The number of nitrogens with one attached hydrogen (secondary N) is 1. The van der Waals surface area contributed by atoms with E-state index in [2.05, 4.69) is 5.32 Å². The highest BCUT2D eigenvalue weighted by Crippen LogP contribution is 2.46. The molecule has 0 spiro atoms. The predicted molar refractivity (Wildman–Crippen MR) is 109 cm³/mol. The van der Waals surface area contributed by atoms with Gasteiger partial charge in [-0.3, -0.25) is 14.5 Å². The van der Waals surface area contributed by atoms with Crippen molar-refractivity contribution in [2.45, 2.75) is 18.9 Å². The SMILES string of the molecule is Cc1ccccc1NC(=O)[C@@]1(c2ccsc2)CC(=O)N1c1ccc(Cl)cc1. The molecule has 0 unspecified atom stereocenters. The van der Waals surface area contributed by atoms with Gasteiger partial charge in [0.05, 0.1) is 6.42 Å². The molecule has 2 heterocycles. The molecule has 136 valence electrons. The lowest BCUT2D eigenvalue weighted by molar-refractivity contribution is -0.137. The third-order valence-electron chi connectivity index (χ3n) is 4.89. The van der Waals surface area contributed by atoms with E-state index in [0.717, 1.165) is 16.8 Å². The van der Waals surface area contributed by atoms with Crippen molar-refractivity contribution in [3.05, 3.63) is 81.5 Å². The number of carbonyl (C=O) groups excluding carboxylic acids is 2. The number of rotatable bonds is 4. The first kappa shape index (κ1) is 17.8. The number of anilines is 2. The second kappa shape index (κ2) is 6.83. The molecular weight excluding hydrogens is 380 g/mol. The van der Waals surface area contributed by atoms with Crippen LogP contribution in [0.5, 0.6) is 0 Å². The molecule has 1 saturated heterocycles. The summed E-state index contributed by atoms with van der Waals surface area (Å²) in [6.07, 6.45) is 0.129. The molecule has 0 bridgehead atoms. The van der Waals surface area contributed by atoms with Crippen LogP contribution in [0.15, 0.2) is 65.4 Å². The van der Waals surface area contributed by atoms with Crippen LogP contribution in [0.1, 0.15) is 17.5 Å². The van der Waals surface area contributed by atoms with Gasteiger partial charge in [-0.15, -0.1) is 0 Å². The van der Waals surface area contributed by atoms with Crippen LogP contribution in [0.3, 0.4) is 0 Å². The van der Waals surface area contributed by atoms with Crippen LogP contribution in [-0.2, 0) is 15.1 Å². The second-order valence-electron chi connectivity index (χ2n) is 6.52. The second-order valence-corrected chi connectivity index (χ2v) is 7.74. The molecule has 1 aliphatic rings. The molecule has 4 nitrogen and oxygen atoms in total. The quantitative estimate of drug-likeness (QED) is 0.632. The third-order valence-corrected chi connectivity index (χ3v) is 5.83. The van der Waals surface area contributed by atoms with Gasteiger partial charge < -0.3 is 5.32 Å². The smallest absolute Gasteiger partial charge is 0.255 e. The monoisotopic (exact) mass is 396 g/mol. The zero-order chi connectivity index (χ0) is 19.0. The Hall–Kier alpha value is -2.63. The molecule has 3 aromatic rings. The highest BCUT2D eigenvalue weighted by molar-refractivity contribution is 7.08. The minimum absolute atomic E-state index is 0.0940. The summed E-state index contributed by atoms with van der Waals surface area (Å²) in [5.41, 5.74) is 2.12. The van der Waals surface area contributed by atoms with E-state index < -0.39 is 5.54 Å². The van der Waals surface area contributed by atoms with E-state index in [9.17, 15) is 9.59 Å². The van der Waals surface area contributed by atoms with Crippen molar-refractivity contribution >= 4 is 46.1 Å². The largest absolute Gasteiger partial charge is 0.323 e. The molecule has 2 aromatic carbocycles. The Balaban J connectivity index is 1.77. The van der Waals surface area contributed by atoms with E-state index in [1.54, 1.807) is 29.2 Å². The van der Waals surface area contributed by atoms with Gasteiger partial charge >= 0.3 is 0 Å². The van der Waals surface area contributed by atoms with Crippen molar-refractivity contribution in [1.82, 2.24) is 0 Å². The maximum Gasteiger partial charge on any atom is 0.255 e. The van der Waals surface area contributed by atoms with Gasteiger partial charge in [-0.2, -0.15) is 11.3 Å². The average Bonchev–Trinajstić information content (AvgIpc) is 3.17. The number of carbonyl (C=O) groups is 2. The summed E-state index contributed by atoms with van der Waals surface area (Å²) >= 11 is 7.50. The van der Waals surface area contributed by atoms with Gasteiger partial charge in [0, 0.05) is 16.4 Å². The van der Waals surface area contributed by atoms with E-state index >= 15 is 0 Å². The van der Waals surface area contributed by atoms with Crippen molar-refractivity contribution in [3.8, 4) is 0 Å². The predicted octanol–water partition coefficient (Wildman–Crippen LogP) is 4.98. The zero-order valence-corrected chi connectivity index (χ0v) is 16.2. The maximum absolute atomic E-state index is 13.4. The van der Waals surface area contributed by atoms with E-state index in [1.807, 2.05) is 48.0 Å². The Morgan fingerprint density at radius 2 is 1.89 bits per heavy atom. The summed E-state index contributed by atoms with van der Waals surface area (Å²) in [7, 11) is 0. The van der Waals surface area contributed by atoms with Crippen LogP contribution < -0.4 is 10.2 Å². The minimum atomic E-state index is -1.06. The number of para-hydroxylation sites is 1. The van der Waals surface area contributed by atoms with Crippen LogP contribution >= 0.6 is 22.9 Å². The number of aryl methyl sites for hydroxylation is 1. The number of β-lactam (4-membered cyclic amide) rings is 1. The zero-order valence-electron chi connectivity index (χ0n) is 14.6. The Morgan fingerprint density at radius 1 is 1.15 bits per heavy atom. The first-order chi connectivity index (χ1) is 13.0. The highest BCUT2D eigenvalue weighted by atomic mass is 35.5. The fraction of sp³-hybridized carbons (Fsp3) is 0.143. The molecule has 6 heteroatoms. The Bertz CT molecular complexity index is 1000. The van der Waals surface area contributed by atoms with Gasteiger partial charge in [0.2, 0.25) is 5.91 Å². The summed E-state index contributed by atoms with van der Waals surface area (Å²) in [5, 5.41) is 7.44. The standard InChI is InChI=1S/C21H17ClN2O2S/c1-14-4-2-3-5-18(14)23-20(26)21(15-10-11-27-13-15)12-19(25)24(21)17-8-6-16(22)7-9-17/h2-11,13H,12H2,1H3,(H,23,26)/t21-/m0/s1. The van der Waals surface area contributed by atoms with E-state index in [0.29, 0.717) is 10.7 Å². The van der Waals surface area contributed by atoms with E-state index in [-0.39, 0.29) is 18.2 Å². The fourth-order valence-electron chi connectivity index (χ4n) is 3.44. The first-order valence-corrected chi connectivity index (χ1v) is 9.83. The van der Waals surface area contributed by atoms with Crippen molar-refractivity contribution in [2.75, 3.05) is 10.2 Å². The number of amides is 2. The van der Waals surface area contributed by atoms with Gasteiger partial charge in [-0.05, 0) is 65.2 Å². The Kier molecular flexibility index (Phi) is 4.50. The van der Waals surface area contributed by atoms with Gasteiger partial charge in [0.1, 0.15) is 0 Å². The number of hydrogen-bond donors (Lipinski definition) is 1. The van der Waals surface area contributed by atoms with Crippen LogP contribution in [0, 0.1) is 6.92 Å². The molecular formula is C21H17ClN2O2S. The van der Waals surface area contributed by atoms with Crippen molar-refractivity contribution < 1.29 is 9.59 Å². The molecule has 1 aromatic heterocycles. The molecule has 2 amide bonds. The van der Waals surface area contributed by atoms with Gasteiger partial charge in [0.25, 0.3) is 5.91 Å². The number of benzene rings is 2. The molecule has 27 heavy (non-hydrogen) atoms. The molecule has 1 aliphatic heterocycles. The molecule has 1 N–H and O–H groups in total. The van der Waals surface area contributed by atoms with Gasteiger partial charge in [-0.1, -0.05) is 29.8 Å². The van der Waals surface area contributed by atoms with Gasteiger partial charge in [-0.25, -0.2) is 0 Å². The lowest BCUT2D eigenvalue weighted by Gasteiger charge is -2.50. The van der Waals surface area contributed by atoms with Crippen LogP contribution in [-0.4, -0.2) is 11.8 Å². The molecule has 0 saturated carbocycles. The number of thiophene rings is 1. The number of nitrogens with zero attached hydrogens (tertiary/aromatic N) is 1. The van der Waals surface area contributed by atoms with Crippen LogP contribution in [0.25, 0.3) is 0 Å². The summed E-state index contributed by atoms with van der Waals surface area (Å²) in [4.78, 5) is 27.6. The Morgan fingerprint density at radius 3 is 2.52 bits per heavy atom. The fourth-order valence-corrected chi connectivity index (χ4v) is 4.29.